The summed E-state index contributed by atoms with van der Waals surface area (Å²) in [7, 11) is 0. The second-order valence-corrected chi connectivity index (χ2v) is 5.02. The Morgan fingerprint density at radius 3 is 2.56 bits per heavy atom. The van der Waals surface area contributed by atoms with Gasteiger partial charge in [-0.1, -0.05) is 6.08 Å². The van der Waals surface area contributed by atoms with Crippen LogP contribution in [-0.4, -0.2) is 41.8 Å². The third-order valence-electron chi connectivity index (χ3n) is 2.44. The highest BCUT2D eigenvalue weighted by Gasteiger charge is 2.40. The molecule has 0 radical (unpaired) electrons. The van der Waals surface area contributed by atoms with Gasteiger partial charge in [0, 0.05) is 6.08 Å². The largest absolute Gasteiger partial charge is 0.460 e. The number of ether oxygens (including phenoxy) is 3. The molecule has 1 aliphatic heterocycles. The van der Waals surface area contributed by atoms with Crippen molar-refractivity contribution in [3.05, 3.63) is 12.2 Å². The van der Waals surface area contributed by atoms with Crippen molar-refractivity contribution in [1.29, 1.82) is 0 Å². The predicted octanol–water partition coefficient (Wildman–Crippen LogP) is 1.40. The van der Waals surface area contributed by atoms with E-state index in [9.17, 15) is 9.90 Å². The number of esters is 1. The fourth-order valence-corrected chi connectivity index (χ4v) is 1.83. The SMILES string of the molecule is CC(C)OC(=O)C=CC[C@@H]1OC(C)(C)O[C@@H]1CO. The minimum atomic E-state index is -0.690. The topological polar surface area (TPSA) is 65.0 Å². The lowest BCUT2D eigenvalue weighted by atomic mass is 10.1. The second kappa shape index (κ2) is 6.31. The van der Waals surface area contributed by atoms with Crippen molar-refractivity contribution in [2.75, 3.05) is 6.61 Å². The highest BCUT2D eigenvalue weighted by Crippen LogP contribution is 2.29. The Morgan fingerprint density at radius 1 is 1.39 bits per heavy atom. The number of hydrogen-bond acceptors (Lipinski definition) is 5. The minimum Gasteiger partial charge on any atom is -0.460 e. The van der Waals surface area contributed by atoms with Gasteiger partial charge in [0.2, 0.25) is 0 Å². The molecule has 1 rings (SSSR count). The van der Waals surface area contributed by atoms with Crippen molar-refractivity contribution in [3.63, 3.8) is 0 Å². The zero-order chi connectivity index (χ0) is 13.8. The average molecular weight is 258 g/mol. The van der Waals surface area contributed by atoms with Gasteiger partial charge in [0.1, 0.15) is 6.10 Å². The summed E-state index contributed by atoms with van der Waals surface area (Å²) in [6.07, 6.45) is 2.84. The summed E-state index contributed by atoms with van der Waals surface area (Å²) >= 11 is 0. The molecule has 1 saturated heterocycles. The number of carbonyl (C=O) groups excluding carboxylic acids is 1. The fourth-order valence-electron chi connectivity index (χ4n) is 1.83. The first-order valence-electron chi connectivity index (χ1n) is 6.17. The maximum atomic E-state index is 11.3. The molecule has 0 aromatic heterocycles. The van der Waals surface area contributed by atoms with Gasteiger partial charge in [-0.05, 0) is 34.1 Å². The Kier molecular flexibility index (Phi) is 5.31. The first-order chi connectivity index (χ1) is 8.34. The van der Waals surface area contributed by atoms with Crippen LogP contribution in [-0.2, 0) is 19.0 Å². The lowest BCUT2D eigenvalue weighted by molar-refractivity contribution is -0.148. The van der Waals surface area contributed by atoms with Gasteiger partial charge in [0.25, 0.3) is 0 Å². The number of aliphatic hydroxyl groups is 1. The summed E-state index contributed by atoms with van der Waals surface area (Å²) in [4.78, 5) is 11.3. The van der Waals surface area contributed by atoms with Gasteiger partial charge in [-0.2, -0.15) is 0 Å². The van der Waals surface area contributed by atoms with Crippen LogP contribution in [0, 0.1) is 0 Å². The minimum absolute atomic E-state index is 0.0988. The van der Waals surface area contributed by atoms with E-state index in [0.29, 0.717) is 6.42 Å². The summed E-state index contributed by atoms with van der Waals surface area (Å²) in [5, 5.41) is 9.18. The Morgan fingerprint density at radius 2 is 2.00 bits per heavy atom. The maximum Gasteiger partial charge on any atom is 0.330 e. The van der Waals surface area contributed by atoms with Crippen LogP contribution in [0.1, 0.15) is 34.1 Å². The molecule has 0 bridgehead atoms. The van der Waals surface area contributed by atoms with Crippen molar-refractivity contribution in [1.82, 2.24) is 0 Å². The molecule has 2 atom stereocenters. The van der Waals surface area contributed by atoms with Crippen LogP contribution >= 0.6 is 0 Å². The van der Waals surface area contributed by atoms with E-state index in [0.717, 1.165) is 0 Å². The second-order valence-electron chi connectivity index (χ2n) is 5.02. The monoisotopic (exact) mass is 258 g/mol. The maximum absolute atomic E-state index is 11.3. The van der Waals surface area contributed by atoms with Gasteiger partial charge >= 0.3 is 5.97 Å². The molecule has 0 aromatic carbocycles. The molecule has 104 valence electrons. The molecule has 1 N–H and O–H groups in total. The van der Waals surface area contributed by atoms with E-state index in [1.165, 1.54) is 6.08 Å². The zero-order valence-corrected chi connectivity index (χ0v) is 11.4. The van der Waals surface area contributed by atoms with Crippen molar-refractivity contribution in [2.45, 2.75) is 58.2 Å². The molecule has 1 heterocycles. The van der Waals surface area contributed by atoms with Gasteiger partial charge in [0.05, 0.1) is 18.8 Å². The highest BCUT2D eigenvalue weighted by molar-refractivity contribution is 5.81. The first-order valence-corrected chi connectivity index (χ1v) is 6.17. The van der Waals surface area contributed by atoms with Crippen molar-refractivity contribution >= 4 is 5.97 Å². The third kappa shape index (κ3) is 4.76. The lowest BCUT2D eigenvalue weighted by Gasteiger charge is -2.16. The molecule has 0 saturated carbocycles. The number of aliphatic hydroxyl groups excluding tert-OH is 1. The number of rotatable bonds is 5. The molecule has 0 aliphatic carbocycles. The van der Waals surface area contributed by atoms with E-state index in [-0.39, 0.29) is 30.9 Å². The lowest BCUT2D eigenvalue weighted by Crippen LogP contribution is -2.25. The summed E-state index contributed by atoms with van der Waals surface area (Å²) in [6, 6.07) is 0. The van der Waals surface area contributed by atoms with Crippen LogP contribution in [0.2, 0.25) is 0 Å². The zero-order valence-electron chi connectivity index (χ0n) is 11.4. The molecule has 1 fully saturated rings. The van der Waals surface area contributed by atoms with E-state index in [1.807, 2.05) is 0 Å². The Balaban J connectivity index is 2.43. The smallest absolute Gasteiger partial charge is 0.330 e. The molecular formula is C13H22O5. The molecule has 0 aromatic rings. The fraction of sp³-hybridized carbons (Fsp3) is 0.769. The van der Waals surface area contributed by atoms with Crippen molar-refractivity contribution in [2.24, 2.45) is 0 Å². The predicted molar refractivity (Wildman–Crippen MR) is 65.9 cm³/mol. The van der Waals surface area contributed by atoms with Crippen LogP contribution < -0.4 is 0 Å². The molecular weight excluding hydrogens is 236 g/mol. The summed E-state index contributed by atoms with van der Waals surface area (Å²) in [5.41, 5.74) is 0. The highest BCUT2D eigenvalue weighted by atomic mass is 16.8. The van der Waals surface area contributed by atoms with Crippen LogP contribution in [0.5, 0.6) is 0 Å². The molecule has 0 spiro atoms. The number of hydrogen-bond donors (Lipinski definition) is 1. The van der Waals surface area contributed by atoms with Gasteiger partial charge in [0.15, 0.2) is 5.79 Å². The molecule has 0 unspecified atom stereocenters. The molecule has 5 nitrogen and oxygen atoms in total. The first kappa shape index (κ1) is 15.1. The van der Waals surface area contributed by atoms with Gasteiger partial charge in [-0.3, -0.25) is 0 Å². The van der Waals surface area contributed by atoms with Crippen LogP contribution in [0.4, 0.5) is 0 Å². The summed E-state index contributed by atoms with van der Waals surface area (Å²) in [5.74, 6) is -1.06. The van der Waals surface area contributed by atoms with Crippen LogP contribution in [0.25, 0.3) is 0 Å². The number of carbonyl (C=O) groups is 1. The van der Waals surface area contributed by atoms with Crippen molar-refractivity contribution in [3.8, 4) is 0 Å². The third-order valence-corrected chi connectivity index (χ3v) is 2.44. The molecule has 1 aliphatic rings. The van der Waals surface area contributed by atoms with Crippen molar-refractivity contribution < 1.29 is 24.1 Å². The molecule has 18 heavy (non-hydrogen) atoms. The Hall–Kier alpha value is -0.910. The van der Waals surface area contributed by atoms with E-state index >= 15 is 0 Å². The van der Waals surface area contributed by atoms with Gasteiger partial charge in [-0.25, -0.2) is 4.79 Å². The molecule has 0 amide bonds. The van der Waals surface area contributed by atoms with Crippen LogP contribution in [0.3, 0.4) is 0 Å². The summed E-state index contributed by atoms with van der Waals surface area (Å²) < 4.78 is 16.1. The van der Waals surface area contributed by atoms with Gasteiger partial charge in [-0.15, -0.1) is 0 Å². The van der Waals surface area contributed by atoms with Crippen LogP contribution in [0.15, 0.2) is 12.2 Å². The standard InChI is InChI=1S/C13H22O5/c1-9(2)16-12(15)7-5-6-10-11(8-14)18-13(3,4)17-10/h5,7,9-11,14H,6,8H2,1-4H3/t10-,11+/m0/s1. The van der Waals surface area contributed by atoms with E-state index in [2.05, 4.69) is 0 Å². The normalized spacial score (nSPS) is 27.0. The summed E-state index contributed by atoms with van der Waals surface area (Å²) in [6.45, 7) is 7.09. The Bertz CT molecular complexity index is 309. The molecule has 5 heteroatoms. The quantitative estimate of drug-likeness (QED) is 0.596. The van der Waals surface area contributed by atoms with E-state index in [4.69, 9.17) is 14.2 Å². The van der Waals surface area contributed by atoms with E-state index in [1.54, 1.807) is 33.8 Å². The Labute approximate surface area is 108 Å². The van der Waals surface area contributed by atoms with Gasteiger partial charge < -0.3 is 19.3 Å². The average Bonchev–Trinajstić information content (AvgIpc) is 2.52. The van der Waals surface area contributed by atoms with E-state index < -0.39 is 5.79 Å².